The van der Waals surface area contributed by atoms with E-state index in [0.29, 0.717) is 6.54 Å². The number of rotatable bonds is 8. The van der Waals surface area contributed by atoms with Crippen LogP contribution in [0.15, 0.2) is 83.8 Å². The van der Waals surface area contributed by atoms with Crippen LogP contribution >= 0.6 is 0 Å². The van der Waals surface area contributed by atoms with E-state index in [-0.39, 0.29) is 6.04 Å². The van der Waals surface area contributed by atoms with Gasteiger partial charge in [-0.2, -0.15) is 0 Å². The minimum Gasteiger partial charge on any atom is -0.592 e. The summed E-state index contributed by atoms with van der Waals surface area (Å²) in [5.74, 6) is 0. The zero-order valence-electron chi connectivity index (χ0n) is 16.4. The van der Waals surface area contributed by atoms with Gasteiger partial charge < -0.3 is 9.87 Å². The molecule has 146 valence electrons. The Hall–Kier alpha value is -2.31. The fraction of sp³-hybridized carbons (Fsp3) is 0.217. The first kappa shape index (κ1) is 20.4. The van der Waals surface area contributed by atoms with Gasteiger partial charge in [-0.15, -0.1) is 0 Å². The van der Waals surface area contributed by atoms with E-state index in [1.807, 2.05) is 37.3 Å². The van der Waals surface area contributed by atoms with Crippen LogP contribution in [0.1, 0.15) is 31.4 Å². The molecular formula is C23H27N3OS. The zero-order chi connectivity index (χ0) is 19.9. The Kier molecular flexibility index (Phi) is 7.12. The van der Waals surface area contributed by atoms with Crippen LogP contribution in [-0.4, -0.2) is 10.6 Å². The van der Waals surface area contributed by atoms with Crippen molar-refractivity contribution in [1.29, 1.82) is 0 Å². The van der Waals surface area contributed by atoms with Gasteiger partial charge in [0, 0.05) is 12.2 Å². The Morgan fingerprint density at radius 3 is 2.71 bits per heavy atom. The van der Waals surface area contributed by atoms with Crippen molar-refractivity contribution in [2.45, 2.75) is 37.8 Å². The predicted octanol–water partition coefficient (Wildman–Crippen LogP) is 4.72. The van der Waals surface area contributed by atoms with Crippen LogP contribution in [0.3, 0.4) is 0 Å². The molecule has 2 aromatic carbocycles. The molecule has 0 radical (unpaired) electrons. The molecular weight excluding hydrogens is 366 g/mol. The van der Waals surface area contributed by atoms with Gasteiger partial charge in [-0.05, 0) is 49.6 Å². The summed E-state index contributed by atoms with van der Waals surface area (Å²) >= 11 is -1.30. The van der Waals surface area contributed by atoms with Gasteiger partial charge in [-0.25, -0.2) is 5.43 Å². The van der Waals surface area contributed by atoms with Crippen LogP contribution in [0.4, 0.5) is 5.69 Å². The molecule has 3 N–H and O–H groups in total. The van der Waals surface area contributed by atoms with E-state index >= 15 is 0 Å². The molecule has 1 aliphatic rings. The normalized spacial score (nSPS) is 17.1. The number of benzene rings is 2. The van der Waals surface area contributed by atoms with Gasteiger partial charge in [0.25, 0.3) is 0 Å². The molecule has 0 aliphatic heterocycles. The molecule has 0 heterocycles. The maximum atomic E-state index is 12.3. The fourth-order valence-electron chi connectivity index (χ4n) is 3.03. The van der Waals surface area contributed by atoms with Gasteiger partial charge in [-0.3, -0.25) is 0 Å². The van der Waals surface area contributed by atoms with Crippen LogP contribution in [-0.2, 0) is 17.9 Å². The van der Waals surface area contributed by atoms with Crippen LogP contribution < -0.4 is 15.6 Å². The van der Waals surface area contributed by atoms with Crippen molar-refractivity contribution in [3.05, 3.63) is 90.0 Å². The molecule has 1 aliphatic carbocycles. The van der Waals surface area contributed by atoms with Crippen molar-refractivity contribution >= 4 is 22.6 Å². The Balaban J connectivity index is 1.69. The lowest BCUT2D eigenvalue weighted by atomic mass is 9.98. The second kappa shape index (κ2) is 9.75. The van der Waals surface area contributed by atoms with E-state index in [9.17, 15) is 4.55 Å². The number of hydrogen-bond acceptors (Lipinski definition) is 4. The number of hydrazine groups is 1. The average Bonchev–Trinajstić information content (AvgIpc) is 2.71. The van der Waals surface area contributed by atoms with Crippen molar-refractivity contribution in [3.63, 3.8) is 0 Å². The molecule has 28 heavy (non-hydrogen) atoms. The number of nitrogens with one attached hydrogen (secondary N) is 3. The third kappa shape index (κ3) is 5.36. The molecule has 0 saturated carbocycles. The van der Waals surface area contributed by atoms with Crippen molar-refractivity contribution in [3.8, 4) is 0 Å². The van der Waals surface area contributed by atoms with E-state index in [4.69, 9.17) is 0 Å². The summed E-state index contributed by atoms with van der Waals surface area (Å²) in [6.45, 7) is 8.76. The van der Waals surface area contributed by atoms with Gasteiger partial charge in [0.2, 0.25) is 0 Å². The molecule has 2 atom stereocenters. The smallest absolute Gasteiger partial charge is 0.175 e. The average molecular weight is 394 g/mol. The number of hydrogen-bond donors (Lipinski definition) is 3. The van der Waals surface area contributed by atoms with Gasteiger partial charge in [0.15, 0.2) is 4.90 Å². The maximum Gasteiger partial charge on any atom is 0.175 e. The standard InChI is InChI=1S/C23H27N3OS/c1-17(2)19-13-14-20(16-24-26-28(27)21-10-5-4-6-11-21)23(15-19)25-22-12-8-7-9-18(22)3/h4-11,13-15,22,24-26H,1,12,16H2,2-3H3. The van der Waals surface area contributed by atoms with Crippen LogP contribution in [0.25, 0.3) is 5.57 Å². The molecule has 0 spiro atoms. The molecule has 0 fully saturated rings. The molecule has 4 nitrogen and oxygen atoms in total. The lowest BCUT2D eigenvalue weighted by Gasteiger charge is -2.24. The van der Waals surface area contributed by atoms with Crippen LogP contribution in [0.2, 0.25) is 0 Å². The van der Waals surface area contributed by atoms with Crippen molar-refractivity contribution in [2.75, 3.05) is 5.32 Å². The summed E-state index contributed by atoms with van der Waals surface area (Å²) in [5.41, 5.74) is 8.71. The van der Waals surface area contributed by atoms with Crippen LogP contribution in [0, 0.1) is 0 Å². The SMILES string of the molecule is C=C(C)c1ccc(CNN[S+]([O-])c2ccccc2)c(NC2CC=CC=C2C)c1. The van der Waals surface area contributed by atoms with Gasteiger partial charge in [-0.1, -0.05) is 71.1 Å². The Morgan fingerprint density at radius 2 is 2.00 bits per heavy atom. The number of allylic oxidation sites excluding steroid dienone is 3. The summed E-state index contributed by atoms with van der Waals surface area (Å²) in [6, 6.07) is 15.9. The highest BCUT2D eigenvalue weighted by atomic mass is 32.2. The quantitative estimate of drug-likeness (QED) is 0.448. The molecule has 3 rings (SSSR count). The highest BCUT2D eigenvalue weighted by Gasteiger charge is 2.15. The summed E-state index contributed by atoms with van der Waals surface area (Å²) in [6.07, 6.45) is 7.38. The molecule has 0 amide bonds. The van der Waals surface area contributed by atoms with Crippen molar-refractivity contribution in [1.82, 2.24) is 10.3 Å². The van der Waals surface area contributed by atoms with Crippen molar-refractivity contribution in [2.24, 2.45) is 0 Å². The van der Waals surface area contributed by atoms with E-state index in [0.717, 1.165) is 33.7 Å². The zero-order valence-corrected chi connectivity index (χ0v) is 17.2. The number of anilines is 1. The molecule has 2 aromatic rings. The first-order valence-electron chi connectivity index (χ1n) is 9.38. The van der Waals surface area contributed by atoms with E-state index in [1.54, 1.807) is 0 Å². The monoisotopic (exact) mass is 393 g/mol. The lowest BCUT2D eigenvalue weighted by molar-refractivity contribution is 0.554. The van der Waals surface area contributed by atoms with Crippen molar-refractivity contribution < 1.29 is 4.55 Å². The molecule has 0 saturated heterocycles. The molecule has 0 aromatic heterocycles. The molecule has 2 unspecified atom stereocenters. The minimum absolute atomic E-state index is 0.274. The highest BCUT2D eigenvalue weighted by Crippen LogP contribution is 2.25. The van der Waals surface area contributed by atoms with Gasteiger partial charge in [0.05, 0.1) is 17.4 Å². The summed E-state index contributed by atoms with van der Waals surface area (Å²) in [5, 5.41) is 3.66. The Bertz CT molecular complexity index is 877. The largest absolute Gasteiger partial charge is 0.592 e. The van der Waals surface area contributed by atoms with Gasteiger partial charge in [0.1, 0.15) is 0 Å². The summed E-state index contributed by atoms with van der Waals surface area (Å²) in [7, 11) is 0. The lowest BCUT2D eigenvalue weighted by Crippen LogP contribution is -2.37. The predicted molar refractivity (Wildman–Crippen MR) is 119 cm³/mol. The second-order valence-electron chi connectivity index (χ2n) is 6.96. The van der Waals surface area contributed by atoms with E-state index < -0.39 is 11.4 Å². The first-order valence-corrected chi connectivity index (χ1v) is 10.5. The van der Waals surface area contributed by atoms with E-state index in [2.05, 4.69) is 65.5 Å². The third-order valence-electron chi connectivity index (χ3n) is 4.75. The Morgan fingerprint density at radius 1 is 1.21 bits per heavy atom. The Labute approximate surface area is 170 Å². The first-order chi connectivity index (χ1) is 13.5. The fourth-order valence-corrected chi connectivity index (χ4v) is 3.75. The second-order valence-corrected chi connectivity index (χ2v) is 8.17. The third-order valence-corrected chi connectivity index (χ3v) is 5.78. The maximum absolute atomic E-state index is 12.3. The molecule has 0 bridgehead atoms. The van der Waals surface area contributed by atoms with E-state index in [1.165, 1.54) is 5.57 Å². The van der Waals surface area contributed by atoms with Crippen LogP contribution in [0.5, 0.6) is 0 Å². The topological polar surface area (TPSA) is 59.1 Å². The highest BCUT2D eigenvalue weighted by molar-refractivity contribution is 7.89. The van der Waals surface area contributed by atoms with Gasteiger partial charge >= 0.3 is 0 Å². The molecule has 5 heteroatoms. The summed E-state index contributed by atoms with van der Waals surface area (Å²) < 4.78 is 12.3. The minimum atomic E-state index is -1.30. The summed E-state index contributed by atoms with van der Waals surface area (Å²) in [4.78, 5) is 3.62.